The summed E-state index contributed by atoms with van der Waals surface area (Å²) < 4.78 is 60.9. The van der Waals surface area contributed by atoms with E-state index in [0.717, 1.165) is 49.3 Å². The van der Waals surface area contributed by atoms with Gasteiger partial charge >= 0.3 is 5.97 Å². The molecule has 0 aliphatic carbocycles. The predicted molar refractivity (Wildman–Crippen MR) is 154 cm³/mol. The standard InChI is InChI=1S/C32H38F4N4O2/c1-19-15-24-23-5-3-4-6-27(23)37-29(24)30(40(19)18-32(2,35)36)28-25(33)16-22(17-26(28)34)39-13-9-21(10-14-39)38-11-7-20(8-12-38)31(41)42/h3-6,16-17,19-21,30,37H,7-15,18H2,1-2H3,(H,41,42)/t19-,30-/m1/s1. The number of halogens is 4. The molecule has 2 atom stereocenters. The highest BCUT2D eigenvalue weighted by Gasteiger charge is 2.42. The number of hydrogen-bond donors (Lipinski definition) is 2. The molecular formula is C32H38F4N4O2. The van der Waals surface area contributed by atoms with E-state index >= 15 is 8.78 Å². The Bertz CT molecular complexity index is 1430. The Kier molecular flexibility index (Phi) is 7.72. The number of nitrogens with one attached hydrogen (secondary N) is 1. The second-order valence-electron chi connectivity index (χ2n) is 12.5. The monoisotopic (exact) mass is 586 g/mol. The average Bonchev–Trinajstić information content (AvgIpc) is 3.31. The largest absolute Gasteiger partial charge is 0.481 e. The van der Waals surface area contributed by atoms with Crippen molar-refractivity contribution < 1.29 is 27.5 Å². The Morgan fingerprint density at radius 2 is 1.67 bits per heavy atom. The van der Waals surface area contributed by atoms with Gasteiger partial charge in [0.15, 0.2) is 0 Å². The fourth-order valence-electron chi connectivity index (χ4n) is 7.40. The number of fused-ring (bicyclic) bond motifs is 3. The predicted octanol–water partition coefficient (Wildman–Crippen LogP) is 6.20. The van der Waals surface area contributed by atoms with Gasteiger partial charge in [0.2, 0.25) is 0 Å². The summed E-state index contributed by atoms with van der Waals surface area (Å²) in [5, 5.41) is 10.2. The molecule has 3 aliphatic heterocycles. The maximum atomic E-state index is 16.1. The Labute approximate surface area is 243 Å². The summed E-state index contributed by atoms with van der Waals surface area (Å²) in [4.78, 5) is 20.5. The number of nitrogens with zero attached hydrogens (tertiary/aromatic N) is 3. The van der Waals surface area contributed by atoms with Crippen molar-refractivity contribution in [3.63, 3.8) is 0 Å². The lowest BCUT2D eigenvalue weighted by Crippen LogP contribution is -2.48. The van der Waals surface area contributed by atoms with Gasteiger partial charge in [-0.3, -0.25) is 9.69 Å². The van der Waals surface area contributed by atoms with Crippen molar-refractivity contribution in [1.82, 2.24) is 14.8 Å². The molecule has 3 aliphatic rings. The Morgan fingerprint density at radius 3 is 2.29 bits per heavy atom. The summed E-state index contributed by atoms with van der Waals surface area (Å²) in [6, 6.07) is 9.26. The number of benzene rings is 2. The maximum absolute atomic E-state index is 16.1. The highest BCUT2D eigenvalue weighted by molar-refractivity contribution is 5.85. The van der Waals surface area contributed by atoms with Gasteiger partial charge in [-0.15, -0.1) is 0 Å². The molecule has 226 valence electrons. The molecule has 0 bridgehead atoms. The molecule has 0 spiro atoms. The van der Waals surface area contributed by atoms with Crippen molar-refractivity contribution in [2.45, 2.75) is 70.0 Å². The number of hydrogen-bond acceptors (Lipinski definition) is 4. The van der Waals surface area contributed by atoms with E-state index in [4.69, 9.17) is 0 Å². The SMILES string of the molecule is C[C@@H]1Cc2c([nH]c3ccccc23)[C@@H](c2c(F)cc(N3CCC(N4CCC(C(=O)O)CC4)CC3)cc2F)N1CC(C)(F)F. The second kappa shape index (κ2) is 11.2. The number of alkyl halides is 2. The van der Waals surface area contributed by atoms with Crippen LogP contribution in [0.15, 0.2) is 36.4 Å². The van der Waals surface area contributed by atoms with Crippen molar-refractivity contribution in [3.8, 4) is 0 Å². The fourth-order valence-corrected chi connectivity index (χ4v) is 7.40. The normalized spacial score (nSPS) is 23.4. The van der Waals surface area contributed by atoms with Crippen LogP contribution in [-0.4, -0.2) is 76.6 Å². The van der Waals surface area contributed by atoms with Gasteiger partial charge < -0.3 is 19.9 Å². The van der Waals surface area contributed by atoms with E-state index in [-0.39, 0.29) is 17.5 Å². The first-order valence-corrected chi connectivity index (χ1v) is 14.9. The fraction of sp³-hybridized carbons (Fsp3) is 0.531. The first-order chi connectivity index (χ1) is 20.0. The van der Waals surface area contributed by atoms with Gasteiger partial charge in [0.05, 0.1) is 18.5 Å². The van der Waals surface area contributed by atoms with Gasteiger partial charge in [-0.2, -0.15) is 0 Å². The molecule has 2 fully saturated rings. The number of carboxylic acids is 1. The summed E-state index contributed by atoms with van der Waals surface area (Å²) in [5.74, 6) is -5.53. The van der Waals surface area contributed by atoms with Crippen LogP contribution >= 0.6 is 0 Å². The first kappa shape index (κ1) is 29.0. The highest BCUT2D eigenvalue weighted by Crippen LogP contribution is 2.44. The van der Waals surface area contributed by atoms with Crippen LogP contribution in [0.3, 0.4) is 0 Å². The number of piperidine rings is 2. The van der Waals surface area contributed by atoms with Gasteiger partial charge in [0.25, 0.3) is 5.92 Å². The lowest BCUT2D eigenvalue weighted by atomic mass is 9.87. The molecule has 0 amide bonds. The van der Waals surface area contributed by atoms with E-state index in [1.54, 1.807) is 0 Å². The van der Waals surface area contributed by atoms with Crippen molar-refractivity contribution >= 4 is 22.6 Å². The summed E-state index contributed by atoms with van der Waals surface area (Å²) in [5.41, 5.74) is 2.54. The quantitative estimate of drug-likeness (QED) is 0.337. The Morgan fingerprint density at radius 1 is 1.02 bits per heavy atom. The molecule has 2 N–H and O–H groups in total. The molecule has 0 saturated carbocycles. The number of carbonyl (C=O) groups is 1. The minimum absolute atomic E-state index is 0.210. The van der Waals surface area contributed by atoms with Crippen LogP contribution in [0.4, 0.5) is 23.2 Å². The molecule has 0 unspecified atom stereocenters. The minimum atomic E-state index is -3.05. The number of para-hydroxylation sites is 1. The van der Waals surface area contributed by atoms with Crippen LogP contribution in [0.1, 0.15) is 62.4 Å². The van der Waals surface area contributed by atoms with Crippen molar-refractivity contribution in [1.29, 1.82) is 0 Å². The van der Waals surface area contributed by atoms with Crippen LogP contribution in [0.5, 0.6) is 0 Å². The molecule has 3 aromatic rings. The molecule has 6 rings (SSSR count). The van der Waals surface area contributed by atoms with Crippen LogP contribution in [0.2, 0.25) is 0 Å². The average molecular weight is 587 g/mol. The molecule has 0 radical (unpaired) electrons. The summed E-state index contributed by atoms with van der Waals surface area (Å²) >= 11 is 0. The minimum Gasteiger partial charge on any atom is -0.481 e. The lowest BCUT2D eigenvalue weighted by molar-refractivity contribution is -0.143. The van der Waals surface area contributed by atoms with Crippen molar-refractivity contribution in [2.24, 2.45) is 5.92 Å². The zero-order valence-corrected chi connectivity index (χ0v) is 24.1. The third-order valence-electron chi connectivity index (χ3n) is 9.54. The van der Waals surface area contributed by atoms with Crippen LogP contribution in [-0.2, 0) is 11.2 Å². The van der Waals surface area contributed by atoms with Crippen molar-refractivity contribution in [2.75, 3.05) is 37.6 Å². The Hall–Kier alpha value is -3.11. The molecule has 1 aromatic heterocycles. The highest BCUT2D eigenvalue weighted by atomic mass is 19.3. The third-order valence-corrected chi connectivity index (χ3v) is 9.54. The topological polar surface area (TPSA) is 62.8 Å². The molecule has 42 heavy (non-hydrogen) atoms. The second-order valence-corrected chi connectivity index (χ2v) is 12.5. The number of anilines is 1. The molecular weight excluding hydrogens is 548 g/mol. The van der Waals surface area contributed by atoms with Crippen LogP contribution < -0.4 is 4.90 Å². The van der Waals surface area contributed by atoms with Gasteiger partial charge in [-0.05, 0) is 75.9 Å². The van der Waals surface area contributed by atoms with E-state index in [9.17, 15) is 18.7 Å². The third kappa shape index (κ3) is 5.51. The number of likely N-dealkylation sites (tertiary alicyclic amines) is 1. The number of rotatable bonds is 6. The number of aromatic amines is 1. The van der Waals surface area contributed by atoms with Crippen molar-refractivity contribution in [3.05, 3.63) is 64.9 Å². The van der Waals surface area contributed by atoms with E-state index < -0.39 is 36.1 Å². The zero-order valence-electron chi connectivity index (χ0n) is 24.1. The molecule has 6 nitrogen and oxygen atoms in total. The maximum Gasteiger partial charge on any atom is 0.306 e. The summed E-state index contributed by atoms with van der Waals surface area (Å²) in [7, 11) is 0. The molecule has 2 saturated heterocycles. The summed E-state index contributed by atoms with van der Waals surface area (Å²) in [6.07, 6.45) is 3.43. The zero-order chi connectivity index (χ0) is 29.8. The van der Waals surface area contributed by atoms with E-state index in [2.05, 4.69) is 9.88 Å². The number of H-pyrrole nitrogens is 1. The smallest absolute Gasteiger partial charge is 0.306 e. The van der Waals surface area contributed by atoms with E-state index in [1.165, 1.54) is 17.0 Å². The summed E-state index contributed by atoms with van der Waals surface area (Å²) in [6.45, 7) is 4.81. The molecule has 2 aromatic carbocycles. The Balaban J connectivity index is 1.26. The van der Waals surface area contributed by atoms with Gasteiger partial charge in [-0.1, -0.05) is 18.2 Å². The number of aliphatic carboxylic acids is 1. The van der Waals surface area contributed by atoms with Gasteiger partial charge in [-0.25, -0.2) is 17.6 Å². The van der Waals surface area contributed by atoms with E-state index in [0.29, 0.717) is 49.8 Å². The molecule has 4 heterocycles. The lowest BCUT2D eigenvalue weighted by Gasteiger charge is -2.43. The van der Waals surface area contributed by atoms with Gasteiger partial charge in [0.1, 0.15) is 11.6 Å². The number of carboxylic acid groups (broad SMARTS) is 1. The first-order valence-electron chi connectivity index (χ1n) is 14.9. The molecule has 10 heteroatoms. The number of aromatic nitrogens is 1. The van der Waals surface area contributed by atoms with E-state index in [1.807, 2.05) is 36.1 Å². The van der Waals surface area contributed by atoms with Crippen LogP contribution in [0.25, 0.3) is 10.9 Å². The van der Waals surface area contributed by atoms with Gasteiger partial charge in [0, 0.05) is 59.9 Å². The van der Waals surface area contributed by atoms with Crippen LogP contribution in [0, 0.1) is 17.6 Å².